The molecule has 0 spiro atoms. The normalized spacial score (nSPS) is 15.6. The van der Waals surface area contributed by atoms with Crippen LogP contribution in [0.2, 0.25) is 0 Å². The molecule has 7 nitrogen and oxygen atoms in total. The van der Waals surface area contributed by atoms with Crippen molar-refractivity contribution in [1.29, 1.82) is 5.26 Å². The Morgan fingerprint density at radius 2 is 1.80 bits per heavy atom. The summed E-state index contributed by atoms with van der Waals surface area (Å²) in [5.41, 5.74) is 1.24. The molecule has 30 heavy (non-hydrogen) atoms. The molecule has 2 aromatic carbocycles. The standard InChI is InChI=1S/C22H25N3O4S/c1-3-16(2)25-30(27,28)20-10-8-19(9-11-20)29-14-21(26)24-18-6-4-17(5-7-18)22(15-23)12-13-22/h4-11,16,25H,3,12-14H2,1-2H3,(H,24,26)/t16-/m0/s1. The molecule has 2 aromatic rings. The number of hydrogen-bond acceptors (Lipinski definition) is 5. The van der Waals surface area contributed by atoms with E-state index in [-0.39, 0.29) is 28.9 Å². The van der Waals surface area contributed by atoms with E-state index in [4.69, 9.17) is 4.74 Å². The minimum absolute atomic E-state index is 0.144. The minimum Gasteiger partial charge on any atom is -0.484 e. The van der Waals surface area contributed by atoms with Gasteiger partial charge in [-0.2, -0.15) is 5.26 Å². The zero-order valence-corrected chi connectivity index (χ0v) is 17.8. The summed E-state index contributed by atoms with van der Waals surface area (Å²) in [5, 5.41) is 12.0. The number of carbonyl (C=O) groups excluding carboxylic acids is 1. The van der Waals surface area contributed by atoms with Crippen LogP contribution in [0.1, 0.15) is 38.7 Å². The monoisotopic (exact) mass is 427 g/mol. The molecule has 1 atom stereocenters. The lowest BCUT2D eigenvalue weighted by Gasteiger charge is -2.13. The Kier molecular flexibility index (Phi) is 6.44. The van der Waals surface area contributed by atoms with Crippen molar-refractivity contribution in [2.45, 2.75) is 49.5 Å². The summed E-state index contributed by atoms with van der Waals surface area (Å²) in [5.74, 6) is 0.0620. The van der Waals surface area contributed by atoms with Crippen molar-refractivity contribution in [3.05, 3.63) is 54.1 Å². The Balaban J connectivity index is 1.52. The average Bonchev–Trinajstić information content (AvgIpc) is 3.54. The molecule has 0 aromatic heterocycles. The van der Waals surface area contributed by atoms with Crippen LogP contribution in [-0.2, 0) is 20.2 Å². The van der Waals surface area contributed by atoms with E-state index in [1.165, 1.54) is 24.3 Å². The maximum absolute atomic E-state index is 12.3. The van der Waals surface area contributed by atoms with Crippen molar-refractivity contribution in [2.24, 2.45) is 0 Å². The topological polar surface area (TPSA) is 108 Å². The Bertz CT molecular complexity index is 1040. The molecule has 2 N–H and O–H groups in total. The fourth-order valence-corrected chi connectivity index (χ4v) is 4.27. The first-order valence-electron chi connectivity index (χ1n) is 9.85. The molecule has 0 bridgehead atoms. The summed E-state index contributed by atoms with van der Waals surface area (Å²) in [6.07, 6.45) is 2.44. The van der Waals surface area contributed by atoms with E-state index in [1.54, 1.807) is 19.1 Å². The number of nitriles is 1. The summed E-state index contributed by atoms with van der Waals surface area (Å²) >= 11 is 0. The molecule has 158 valence electrons. The molecule has 0 saturated heterocycles. The van der Waals surface area contributed by atoms with E-state index in [0.29, 0.717) is 17.9 Å². The number of ether oxygens (including phenoxy) is 1. The van der Waals surface area contributed by atoms with Gasteiger partial charge in [-0.15, -0.1) is 0 Å². The number of hydrogen-bond donors (Lipinski definition) is 2. The lowest BCUT2D eigenvalue weighted by molar-refractivity contribution is -0.118. The fourth-order valence-electron chi connectivity index (χ4n) is 2.94. The van der Waals surface area contributed by atoms with Crippen LogP contribution in [0.4, 0.5) is 5.69 Å². The second kappa shape index (κ2) is 8.86. The first-order valence-corrected chi connectivity index (χ1v) is 11.3. The highest BCUT2D eigenvalue weighted by Crippen LogP contribution is 2.47. The summed E-state index contributed by atoms with van der Waals surface area (Å²) in [6.45, 7) is 3.50. The third-order valence-corrected chi connectivity index (χ3v) is 6.76. The van der Waals surface area contributed by atoms with Gasteiger partial charge in [0.2, 0.25) is 10.0 Å². The van der Waals surface area contributed by atoms with Crippen molar-refractivity contribution in [1.82, 2.24) is 4.72 Å². The van der Waals surface area contributed by atoms with Crippen LogP contribution in [0.15, 0.2) is 53.4 Å². The van der Waals surface area contributed by atoms with Crippen LogP contribution in [0.3, 0.4) is 0 Å². The predicted octanol–water partition coefficient (Wildman–Crippen LogP) is 3.34. The van der Waals surface area contributed by atoms with Gasteiger partial charge in [-0.3, -0.25) is 4.79 Å². The van der Waals surface area contributed by atoms with E-state index < -0.39 is 10.0 Å². The highest BCUT2D eigenvalue weighted by atomic mass is 32.2. The second-order valence-corrected chi connectivity index (χ2v) is 9.22. The van der Waals surface area contributed by atoms with Crippen LogP contribution >= 0.6 is 0 Å². The number of amides is 1. The first-order chi connectivity index (χ1) is 14.3. The maximum atomic E-state index is 12.3. The number of rotatable bonds is 9. The molecule has 3 rings (SSSR count). The number of nitrogens with one attached hydrogen (secondary N) is 2. The minimum atomic E-state index is -3.58. The van der Waals surface area contributed by atoms with Gasteiger partial charge in [-0.05, 0) is 68.1 Å². The van der Waals surface area contributed by atoms with Crippen molar-refractivity contribution in [2.75, 3.05) is 11.9 Å². The van der Waals surface area contributed by atoms with Gasteiger partial charge in [0.25, 0.3) is 5.91 Å². The third kappa shape index (κ3) is 5.17. The number of sulfonamides is 1. The van der Waals surface area contributed by atoms with Crippen molar-refractivity contribution < 1.29 is 17.9 Å². The first kappa shape index (κ1) is 21.8. The van der Waals surface area contributed by atoms with Gasteiger partial charge in [0.15, 0.2) is 6.61 Å². The largest absolute Gasteiger partial charge is 0.484 e. The van der Waals surface area contributed by atoms with Crippen LogP contribution in [-0.4, -0.2) is 27.0 Å². The predicted molar refractivity (Wildman–Crippen MR) is 114 cm³/mol. The average molecular weight is 428 g/mol. The summed E-state index contributed by atoms with van der Waals surface area (Å²) < 4.78 is 32.5. The fraction of sp³-hybridized carbons (Fsp3) is 0.364. The molecule has 0 unspecified atom stereocenters. The van der Waals surface area contributed by atoms with Crippen molar-refractivity contribution in [3.63, 3.8) is 0 Å². The van der Waals surface area contributed by atoms with Crippen molar-refractivity contribution >= 4 is 21.6 Å². The third-order valence-electron chi connectivity index (χ3n) is 5.16. The van der Waals surface area contributed by atoms with Crippen LogP contribution < -0.4 is 14.8 Å². The maximum Gasteiger partial charge on any atom is 0.262 e. The van der Waals surface area contributed by atoms with Gasteiger partial charge in [-0.1, -0.05) is 19.1 Å². The van der Waals surface area contributed by atoms with Gasteiger partial charge in [0.1, 0.15) is 5.75 Å². The van der Waals surface area contributed by atoms with E-state index in [2.05, 4.69) is 16.1 Å². The molecular weight excluding hydrogens is 402 g/mol. The molecule has 0 heterocycles. The lowest BCUT2D eigenvalue weighted by atomic mass is 9.98. The van der Waals surface area contributed by atoms with Gasteiger partial charge < -0.3 is 10.1 Å². The van der Waals surface area contributed by atoms with Gasteiger partial charge >= 0.3 is 0 Å². The highest BCUT2D eigenvalue weighted by Gasteiger charge is 2.44. The van der Waals surface area contributed by atoms with E-state index in [0.717, 1.165) is 18.4 Å². The van der Waals surface area contributed by atoms with Crippen LogP contribution in [0, 0.1) is 11.3 Å². The van der Waals surface area contributed by atoms with Crippen molar-refractivity contribution in [3.8, 4) is 11.8 Å². The molecular formula is C22H25N3O4S. The summed E-state index contributed by atoms with van der Waals surface area (Å²) in [4.78, 5) is 12.3. The summed E-state index contributed by atoms with van der Waals surface area (Å²) in [7, 11) is -3.58. The van der Waals surface area contributed by atoms with E-state index in [1.807, 2.05) is 19.1 Å². The number of benzene rings is 2. The molecule has 8 heteroatoms. The zero-order valence-electron chi connectivity index (χ0n) is 17.0. The SMILES string of the molecule is CC[C@H](C)NS(=O)(=O)c1ccc(OCC(=O)Nc2ccc(C3(C#N)CC3)cc2)cc1. The number of carbonyl (C=O) groups is 1. The Hall–Kier alpha value is -2.89. The highest BCUT2D eigenvalue weighted by molar-refractivity contribution is 7.89. The molecule has 1 fully saturated rings. The van der Waals surface area contributed by atoms with E-state index >= 15 is 0 Å². The Labute approximate surface area is 177 Å². The molecule has 1 amide bonds. The second-order valence-electron chi connectivity index (χ2n) is 7.51. The van der Waals surface area contributed by atoms with Gasteiger partial charge in [0.05, 0.1) is 16.4 Å². The molecule has 1 saturated carbocycles. The number of anilines is 1. The molecule has 0 aliphatic heterocycles. The van der Waals surface area contributed by atoms with E-state index in [9.17, 15) is 18.5 Å². The Morgan fingerprint density at radius 1 is 1.17 bits per heavy atom. The smallest absolute Gasteiger partial charge is 0.262 e. The van der Waals surface area contributed by atoms with Crippen LogP contribution in [0.5, 0.6) is 5.75 Å². The molecule has 1 aliphatic carbocycles. The van der Waals surface area contributed by atoms with Crippen LogP contribution in [0.25, 0.3) is 0 Å². The van der Waals surface area contributed by atoms with Gasteiger partial charge in [0, 0.05) is 11.7 Å². The molecule has 1 aliphatic rings. The zero-order chi connectivity index (χ0) is 21.8. The Morgan fingerprint density at radius 3 is 2.33 bits per heavy atom. The number of nitrogens with zero attached hydrogens (tertiary/aromatic N) is 1. The van der Waals surface area contributed by atoms with Gasteiger partial charge in [-0.25, -0.2) is 13.1 Å². The lowest BCUT2D eigenvalue weighted by Crippen LogP contribution is -2.31. The quantitative estimate of drug-likeness (QED) is 0.638. The molecule has 0 radical (unpaired) electrons. The summed E-state index contributed by atoms with van der Waals surface area (Å²) in [6, 6.07) is 15.4.